The van der Waals surface area contributed by atoms with E-state index in [1.807, 2.05) is 32.2 Å². The molecule has 3 aliphatic rings. The number of aromatic nitrogens is 1. The maximum Gasteiger partial charge on any atom is 0.234 e. The topological polar surface area (TPSA) is 62.3 Å². The van der Waals surface area contributed by atoms with Crippen LogP contribution >= 0.6 is 34.3 Å². The molecule has 0 radical (unpaired) electrons. The second-order valence-electron chi connectivity index (χ2n) is 10.9. The van der Waals surface area contributed by atoms with Gasteiger partial charge in [-0.25, -0.2) is 0 Å². The Morgan fingerprint density at radius 1 is 1.14 bits per heavy atom. The van der Waals surface area contributed by atoms with Crippen LogP contribution in [0.3, 0.4) is 0 Å². The van der Waals surface area contributed by atoms with Crippen molar-refractivity contribution in [1.82, 2.24) is 15.2 Å². The first-order chi connectivity index (χ1) is 17.8. The highest BCUT2D eigenvalue weighted by Crippen LogP contribution is 2.63. The van der Waals surface area contributed by atoms with Crippen LogP contribution in [-0.2, 0) is 16.1 Å². The van der Waals surface area contributed by atoms with Gasteiger partial charge in [0, 0.05) is 31.7 Å². The molecule has 2 aliphatic heterocycles. The molecular weight excluding hydrogens is 522 g/mol. The smallest absolute Gasteiger partial charge is 0.234 e. The van der Waals surface area contributed by atoms with Gasteiger partial charge in [0.05, 0.1) is 28.6 Å². The molecule has 5 nitrogen and oxygen atoms in total. The van der Waals surface area contributed by atoms with Crippen LogP contribution in [0.15, 0.2) is 41.4 Å². The molecule has 0 spiro atoms. The van der Waals surface area contributed by atoms with Gasteiger partial charge in [0.2, 0.25) is 11.8 Å². The molecule has 1 aromatic carbocycles. The number of imide groups is 1. The van der Waals surface area contributed by atoms with Gasteiger partial charge in [-0.3, -0.25) is 19.5 Å². The molecule has 188 valence electrons. The van der Waals surface area contributed by atoms with Gasteiger partial charge < -0.3 is 5.32 Å². The van der Waals surface area contributed by atoms with Gasteiger partial charge in [-0.15, -0.1) is 22.7 Å². The van der Waals surface area contributed by atoms with E-state index in [1.165, 1.54) is 26.1 Å². The maximum absolute atomic E-state index is 12.9. The van der Waals surface area contributed by atoms with Crippen molar-refractivity contribution < 1.29 is 9.59 Å². The Morgan fingerprint density at radius 2 is 1.89 bits per heavy atom. The number of pyridine rings is 1. The molecule has 7 rings (SSSR count). The molecule has 8 heteroatoms. The monoisotopic (exact) mass is 547 g/mol. The third kappa shape index (κ3) is 3.70. The average Bonchev–Trinajstić information content (AvgIpc) is 3.23. The van der Waals surface area contributed by atoms with Crippen LogP contribution in [0.4, 0.5) is 0 Å². The van der Waals surface area contributed by atoms with E-state index >= 15 is 0 Å². The molecule has 1 N–H and O–H groups in total. The molecule has 5 heterocycles. The summed E-state index contributed by atoms with van der Waals surface area (Å²) in [6, 6.07) is 8.17. The highest BCUT2D eigenvalue weighted by atomic mass is 35.5. The van der Waals surface area contributed by atoms with E-state index in [1.54, 1.807) is 22.7 Å². The lowest BCUT2D eigenvalue weighted by atomic mass is 9.97. The number of halogens is 1. The molecule has 2 atom stereocenters. The number of hydrogen-bond acceptors (Lipinski definition) is 6. The molecule has 2 unspecified atom stereocenters. The Kier molecular flexibility index (Phi) is 5.38. The summed E-state index contributed by atoms with van der Waals surface area (Å²) in [6.45, 7) is 6.39. The third-order valence-corrected chi connectivity index (χ3v) is 10.5. The molecular formula is C29H26ClN3O2S2. The van der Waals surface area contributed by atoms with E-state index in [4.69, 9.17) is 11.6 Å². The minimum atomic E-state index is -0.195. The van der Waals surface area contributed by atoms with E-state index in [-0.39, 0.29) is 29.1 Å². The number of amides is 2. The Hall–Kier alpha value is -2.58. The molecule has 4 aromatic rings. The van der Waals surface area contributed by atoms with Gasteiger partial charge in [0.1, 0.15) is 0 Å². The minimum Gasteiger partial charge on any atom is -0.316 e. The number of rotatable bonds is 4. The first-order valence-corrected chi connectivity index (χ1v) is 14.7. The number of hydrogen-bond donors (Lipinski definition) is 1. The summed E-state index contributed by atoms with van der Waals surface area (Å²) in [4.78, 5) is 32.9. The number of piperidine rings is 2. The second-order valence-corrected chi connectivity index (χ2v) is 13.4. The number of carbonyl (C=O) groups is 2. The fourth-order valence-electron chi connectivity index (χ4n) is 6.18. The molecule has 2 amide bonds. The van der Waals surface area contributed by atoms with Crippen LogP contribution < -0.4 is 5.32 Å². The predicted octanol–water partition coefficient (Wildman–Crippen LogP) is 6.74. The standard InChI is InChI=1S/C29H26ClN3O2S2/c1-29(2)24-25(29)28(35)33(27(24)34)13-18-12-21-26(37-18)19(5-8-32-21)20-10-17(30)11-22-23(20)16(14-36-22)9-15-3-6-31-7-4-15/h5,8-12,14,24-25,31H,3-4,6-7,13H2,1-2H3. The lowest BCUT2D eigenvalue weighted by Crippen LogP contribution is -2.35. The summed E-state index contributed by atoms with van der Waals surface area (Å²) in [5.74, 6) is -0.380. The van der Waals surface area contributed by atoms with Crippen molar-refractivity contribution in [3.05, 3.63) is 56.9 Å². The Bertz CT molecular complexity index is 1620. The van der Waals surface area contributed by atoms with Crippen molar-refractivity contribution in [1.29, 1.82) is 0 Å². The SMILES string of the molecule is CC1(C)C2C(=O)N(Cc3cc4nccc(-c5cc(Cl)cc6scc(C=C7CCNCC7)c56)c4s3)C(=O)C21. The molecule has 2 saturated heterocycles. The van der Waals surface area contributed by atoms with Crippen LogP contribution in [0.25, 0.3) is 37.5 Å². The summed E-state index contributed by atoms with van der Waals surface area (Å²) in [7, 11) is 0. The first-order valence-electron chi connectivity index (χ1n) is 12.7. The minimum absolute atomic E-state index is 0.0314. The molecule has 1 saturated carbocycles. The van der Waals surface area contributed by atoms with Gasteiger partial charge in [-0.1, -0.05) is 37.1 Å². The number of benzene rings is 1. The van der Waals surface area contributed by atoms with Crippen LogP contribution in [0.5, 0.6) is 0 Å². The lowest BCUT2D eigenvalue weighted by Gasteiger charge is -2.19. The van der Waals surface area contributed by atoms with Gasteiger partial charge in [0.25, 0.3) is 0 Å². The Labute approximate surface area is 228 Å². The fraction of sp³-hybridized carbons (Fsp3) is 0.345. The first kappa shape index (κ1) is 23.5. The van der Waals surface area contributed by atoms with E-state index in [0.29, 0.717) is 11.6 Å². The third-order valence-electron chi connectivity index (χ3n) is 8.23. The number of thiophene rings is 2. The quantitative estimate of drug-likeness (QED) is 0.287. The summed E-state index contributed by atoms with van der Waals surface area (Å²) in [5, 5.41) is 7.59. The van der Waals surface area contributed by atoms with Crippen molar-refractivity contribution >= 4 is 72.5 Å². The highest BCUT2D eigenvalue weighted by Gasteiger charge is 2.72. The normalized spacial score (nSPS) is 22.8. The van der Waals surface area contributed by atoms with Crippen molar-refractivity contribution in [3.8, 4) is 11.1 Å². The van der Waals surface area contributed by atoms with E-state index in [2.05, 4.69) is 33.9 Å². The molecule has 0 bridgehead atoms. The highest BCUT2D eigenvalue weighted by molar-refractivity contribution is 7.19. The number of nitrogens with one attached hydrogen (secondary N) is 1. The van der Waals surface area contributed by atoms with Crippen molar-refractivity contribution in [2.75, 3.05) is 13.1 Å². The summed E-state index contributed by atoms with van der Waals surface area (Å²) in [5.41, 5.74) is 5.57. The molecule has 37 heavy (non-hydrogen) atoms. The zero-order chi connectivity index (χ0) is 25.5. The number of likely N-dealkylation sites (tertiary alicyclic amines) is 1. The Morgan fingerprint density at radius 3 is 2.65 bits per heavy atom. The maximum atomic E-state index is 12.9. The summed E-state index contributed by atoms with van der Waals surface area (Å²) in [6.07, 6.45) is 6.33. The van der Waals surface area contributed by atoms with Gasteiger partial charge in [-0.2, -0.15) is 0 Å². The van der Waals surface area contributed by atoms with Crippen molar-refractivity contribution in [3.63, 3.8) is 0 Å². The summed E-state index contributed by atoms with van der Waals surface area (Å²) < 4.78 is 2.22. The summed E-state index contributed by atoms with van der Waals surface area (Å²) >= 11 is 9.94. The zero-order valence-corrected chi connectivity index (χ0v) is 23.0. The van der Waals surface area contributed by atoms with Crippen LogP contribution in [0.2, 0.25) is 5.02 Å². The van der Waals surface area contributed by atoms with Crippen LogP contribution in [0, 0.1) is 17.3 Å². The van der Waals surface area contributed by atoms with Crippen LogP contribution in [-0.4, -0.2) is 34.8 Å². The van der Waals surface area contributed by atoms with Gasteiger partial charge in [0.15, 0.2) is 0 Å². The van der Waals surface area contributed by atoms with E-state index < -0.39 is 0 Å². The largest absolute Gasteiger partial charge is 0.316 e. The molecule has 3 fully saturated rings. The predicted molar refractivity (Wildman–Crippen MR) is 152 cm³/mol. The average molecular weight is 548 g/mol. The van der Waals surface area contributed by atoms with Gasteiger partial charge in [-0.05, 0) is 72.1 Å². The second kappa shape index (κ2) is 8.46. The van der Waals surface area contributed by atoms with E-state index in [9.17, 15) is 9.59 Å². The number of fused-ring (bicyclic) bond motifs is 3. The Balaban J connectivity index is 1.30. The zero-order valence-electron chi connectivity index (χ0n) is 20.6. The van der Waals surface area contributed by atoms with Crippen molar-refractivity contribution in [2.45, 2.75) is 33.2 Å². The van der Waals surface area contributed by atoms with Crippen LogP contribution in [0.1, 0.15) is 37.1 Å². The number of nitrogens with zero attached hydrogens (tertiary/aromatic N) is 2. The van der Waals surface area contributed by atoms with Crippen molar-refractivity contribution in [2.24, 2.45) is 17.3 Å². The molecule has 3 aromatic heterocycles. The van der Waals surface area contributed by atoms with E-state index in [0.717, 1.165) is 52.2 Å². The molecule has 1 aliphatic carbocycles. The lowest BCUT2D eigenvalue weighted by molar-refractivity contribution is -0.143. The van der Waals surface area contributed by atoms with Gasteiger partial charge >= 0.3 is 0 Å². The number of carbonyl (C=O) groups excluding carboxylic acids is 2. The fourth-order valence-corrected chi connectivity index (χ4v) is 8.58.